The Morgan fingerprint density at radius 2 is 2.00 bits per heavy atom. The third-order valence-corrected chi connectivity index (χ3v) is 1.64. The van der Waals surface area contributed by atoms with E-state index in [1.54, 1.807) is 0 Å². The summed E-state index contributed by atoms with van der Waals surface area (Å²) in [5, 5.41) is 17.8. The summed E-state index contributed by atoms with van der Waals surface area (Å²) in [5.74, 6) is -0.849. The largest absolute Gasteiger partial charge is 0.573 e. The summed E-state index contributed by atoms with van der Waals surface area (Å²) < 4.78 is 39.1. The fraction of sp³-hybridized carbons (Fsp3) is 0.200. The number of rotatable bonds is 3. The number of benzene rings is 1. The summed E-state index contributed by atoms with van der Waals surface area (Å²) in [4.78, 5) is 0. The Kier molecular flexibility index (Phi) is 3.78. The number of hydrogen-bond acceptors (Lipinski definition) is 3. The topological polar surface area (TPSA) is 49.7 Å². The molecule has 0 aromatic heterocycles. The van der Waals surface area contributed by atoms with E-state index in [0.29, 0.717) is 5.56 Å². The van der Waals surface area contributed by atoms with Crippen molar-refractivity contribution < 1.29 is 28.1 Å². The zero-order chi connectivity index (χ0) is 12.2. The van der Waals surface area contributed by atoms with Gasteiger partial charge >= 0.3 is 6.36 Å². The number of alkyl halides is 3. The third kappa shape index (κ3) is 3.82. The molecule has 0 saturated carbocycles. The SMILES string of the molecule is OCC=Cc1ccc(OC(F)(F)F)cc1O. The van der Waals surface area contributed by atoms with E-state index in [-0.39, 0.29) is 12.4 Å². The molecule has 3 nitrogen and oxygen atoms in total. The maximum Gasteiger partial charge on any atom is 0.573 e. The molecule has 0 saturated heterocycles. The molecule has 0 heterocycles. The number of aliphatic hydroxyl groups excluding tert-OH is 1. The number of phenolic OH excluding ortho intramolecular Hbond substituents is 1. The van der Waals surface area contributed by atoms with Crippen LogP contribution < -0.4 is 4.74 Å². The fourth-order valence-electron chi connectivity index (χ4n) is 1.04. The second kappa shape index (κ2) is 4.89. The first-order chi connectivity index (χ1) is 7.42. The van der Waals surface area contributed by atoms with E-state index in [1.165, 1.54) is 18.2 Å². The molecule has 0 fully saturated rings. The van der Waals surface area contributed by atoms with Gasteiger partial charge in [0.1, 0.15) is 11.5 Å². The maximum absolute atomic E-state index is 11.8. The fourth-order valence-corrected chi connectivity index (χ4v) is 1.04. The lowest BCUT2D eigenvalue weighted by Crippen LogP contribution is -2.16. The van der Waals surface area contributed by atoms with Gasteiger partial charge in [0.25, 0.3) is 0 Å². The van der Waals surface area contributed by atoms with Crippen molar-refractivity contribution >= 4 is 6.08 Å². The minimum atomic E-state index is -4.78. The van der Waals surface area contributed by atoms with Crippen LogP contribution in [0.15, 0.2) is 24.3 Å². The number of hydrogen-bond donors (Lipinski definition) is 2. The molecule has 88 valence electrons. The van der Waals surface area contributed by atoms with Gasteiger partial charge in [-0.25, -0.2) is 0 Å². The lowest BCUT2D eigenvalue weighted by Gasteiger charge is -2.09. The van der Waals surface area contributed by atoms with Crippen LogP contribution in [-0.2, 0) is 0 Å². The van der Waals surface area contributed by atoms with Gasteiger partial charge in [0.2, 0.25) is 0 Å². The third-order valence-electron chi connectivity index (χ3n) is 1.64. The lowest BCUT2D eigenvalue weighted by atomic mass is 10.2. The van der Waals surface area contributed by atoms with Crippen molar-refractivity contribution in [2.24, 2.45) is 0 Å². The van der Waals surface area contributed by atoms with Gasteiger partial charge in [-0.2, -0.15) is 0 Å². The predicted molar refractivity (Wildman–Crippen MR) is 50.9 cm³/mol. The molecule has 1 rings (SSSR count). The highest BCUT2D eigenvalue weighted by molar-refractivity contribution is 5.58. The summed E-state index contributed by atoms with van der Waals surface area (Å²) in [7, 11) is 0. The molecule has 0 aliphatic carbocycles. The second-order valence-electron chi connectivity index (χ2n) is 2.85. The van der Waals surface area contributed by atoms with Crippen molar-refractivity contribution in [1.29, 1.82) is 0 Å². The summed E-state index contributed by atoms with van der Waals surface area (Å²) in [6.45, 7) is -0.222. The van der Waals surface area contributed by atoms with Gasteiger partial charge in [0.15, 0.2) is 0 Å². The molecular formula is C10H9F3O3. The number of aromatic hydroxyl groups is 1. The summed E-state index contributed by atoms with van der Waals surface area (Å²) in [6.07, 6.45) is -2.05. The zero-order valence-electron chi connectivity index (χ0n) is 8.03. The molecule has 1 aromatic carbocycles. The van der Waals surface area contributed by atoms with Crippen LogP contribution in [0.1, 0.15) is 5.56 Å². The van der Waals surface area contributed by atoms with Crippen LogP contribution in [0.2, 0.25) is 0 Å². The van der Waals surface area contributed by atoms with Crippen molar-refractivity contribution in [1.82, 2.24) is 0 Å². The van der Waals surface area contributed by atoms with Crippen molar-refractivity contribution in [3.8, 4) is 11.5 Å². The molecule has 0 spiro atoms. The van der Waals surface area contributed by atoms with E-state index in [2.05, 4.69) is 4.74 Å². The minimum absolute atomic E-state index is 0.222. The van der Waals surface area contributed by atoms with E-state index in [1.807, 2.05) is 0 Å². The monoisotopic (exact) mass is 234 g/mol. The van der Waals surface area contributed by atoms with E-state index in [0.717, 1.165) is 12.1 Å². The molecular weight excluding hydrogens is 225 g/mol. The van der Waals surface area contributed by atoms with Crippen LogP contribution in [0.4, 0.5) is 13.2 Å². The molecule has 1 aromatic rings. The number of phenols is 1. The smallest absolute Gasteiger partial charge is 0.507 e. The lowest BCUT2D eigenvalue weighted by molar-refractivity contribution is -0.274. The van der Waals surface area contributed by atoms with Crippen molar-refractivity contribution in [3.05, 3.63) is 29.8 Å². The van der Waals surface area contributed by atoms with Gasteiger partial charge in [0, 0.05) is 11.6 Å². The molecule has 16 heavy (non-hydrogen) atoms. The number of ether oxygens (including phenoxy) is 1. The molecule has 6 heteroatoms. The van der Waals surface area contributed by atoms with E-state index < -0.39 is 12.1 Å². The Balaban J connectivity index is 2.87. The Bertz CT molecular complexity index is 385. The Labute approximate surface area is 89.4 Å². The maximum atomic E-state index is 11.8. The quantitative estimate of drug-likeness (QED) is 0.843. The molecule has 0 aliphatic heterocycles. The van der Waals surface area contributed by atoms with Crippen molar-refractivity contribution in [2.75, 3.05) is 6.61 Å². The van der Waals surface area contributed by atoms with E-state index in [9.17, 15) is 18.3 Å². The molecule has 0 unspecified atom stereocenters. The van der Waals surface area contributed by atoms with Crippen molar-refractivity contribution in [2.45, 2.75) is 6.36 Å². The van der Waals surface area contributed by atoms with Crippen LogP contribution in [0.25, 0.3) is 6.08 Å². The summed E-state index contributed by atoms with van der Waals surface area (Å²) in [5.41, 5.74) is 0.295. The predicted octanol–water partition coefficient (Wildman–Crippen LogP) is 2.30. The molecule has 0 aliphatic rings. The average Bonchev–Trinajstić information content (AvgIpc) is 2.14. The Morgan fingerprint density at radius 3 is 2.50 bits per heavy atom. The highest BCUT2D eigenvalue weighted by Crippen LogP contribution is 2.28. The van der Waals surface area contributed by atoms with E-state index in [4.69, 9.17) is 5.11 Å². The highest BCUT2D eigenvalue weighted by atomic mass is 19.4. The first-order valence-electron chi connectivity index (χ1n) is 4.28. The number of halogens is 3. The zero-order valence-corrected chi connectivity index (χ0v) is 8.03. The normalized spacial score (nSPS) is 12.0. The van der Waals surface area contributed by atoms with Gasteiger partial charge in [-0.05, 0) is 12.1 Å². The van der Waals surface area contributed by atoms with Crippen LogP contribution in [0.3, 0.4) is 0 Å². The van der Waals surface area contributed by atoms with E-state index >= 15 is 0 Å². The van der Waals surface area contributed by atoms with Crippen LogP contribution in [0, 0.1) is 0 Å². The summed E-state index contributed by atoms with van der Waals surface area (Å²) in [6, 6.07) is 3.18. The average molecular weight is 234 g/mol. The standard InChI is InChI=1S/C10H9F3O3/c11-10(12,13)16-8-4-3-7(2-1-5-14)9(15)6-8/h1-4,6,14-15H,5H2. The highest BCUT2D eigenvalue weighted by Gasteiger charge is 2.31. The van der Waals surface area contributed by atoms with Crippen molar-refractivity contribution in [3.63, 3.8) is 0 Å². The van der Waals surface area contributed by atoms with Gasteiger partial charge in [-0.3, -0.25) is 0 Å². The molecule has 0 radical (unpaired) electrons. The van der Waals surface area contributed by atoms with Crippen LogP contribution in [0.5, 0.6) is 11.5 Å². The summed E-state index contributed by atoms with van der Waals surface area (Å²) >= 11 is 0. The van der Waals surface area contributed by atoms with Gasteiger partial charge in [0.05, 0.1) is 6.61 Å². The minimum Gasteiger partial charge on any atom is -0.507 e. The number of aliphatic hydroxyl groups is 1. The Morgan fingerprint density at radius 1 is 1.31 bits per heavy atom. The molecule has 2 N–H and O–H groups in total. The molecule has 0 bridgehead atoms. The van der Waals surface area contributed by atoms with Gasteiger partial charge in [-0.1, -0.05) is 12.2 Å². The molecule has 0 atom stereocenters. The van der Waals surface area contributed by atoms with Gasteiger partial charge < -0.3 is 14.9 Å². The van der Waals surface area contributed by atoms with Crippen LogP contribution >= 0.6 is 0 Å². The molecule has 0 amide bonds. The first kappa shape index (κ1) is 12.4. The first-order valence-corrected chi connectivity index (χ1v) is 4.28. The Hall–Kier alpha value is -1.69. The second-order valence-corrected chi connectivity index (χ2v) is 2.85. The van der Waals surface area contributed by atoms with Crippen LogP contribution in [-0.4, -0.2) is 23.2 Å². The van der Waals surface area contributed by atoms with Gasteiger partial charge in [-0.15, -0.1) is 13.2 Å².